The molecule has 5 fully saturated rings. The highest BCUT2D eigenvalue weighted by Crippen LogP contribution is 2.60. The summed E-state index contributed by atoms with van der Waals surface area (Å²) >= 11 is 6.60. The molecule has 27 heavy (non-hydrogen) atoms. The van der Waals surface area contributed by atoms with E-state index >= 15 is 0 Å². The SMILES string of the molecule is O=C1/C(=C\c2ccncc2)SC(=S)N1NC(=O)C12CC3CC(CC(C3)C1)C2. The highest BCUT2D eigenvalue weighted by molar-refractivity contribution is 8.26. The van der Waals surface area contributed by atoms with Gasteiger partial charge in [0, 0.05) is 12.4 Å². The van der Waals surface area contributed by atoms with Gasteiger partial charge >= 0.3 is 0 Å². The molecule has 6 rings (SSSR count). The van der Waals surface area contributed by atoms with Gasteiger partial charge in [0.1, 0.15) is 0 Å². The monoisotopic (exact) mass is 399 g/mol. The smallest absolute Gasteiger partial charge is 0.273 e. The maximum absolute atomic E-state index is 13.2. The number of carbonyl (C=O) groups is 2. The predicted molar refractivity (Wildman–Crippen MR) is 108 cm³/mol. The zero-order valence-electron chi connectivity index (χ0n) is 14.9. The molecule has 7 heteroatoms. The third kappa shape index (κ3) is 3.01. The Morgan fingerprint density at radius 1 is 1.19 bits per heavy atom. The minimum atomic E-state index is -0.299. The molecule has 1 aromatic heterocycles. The van der Waals surface area contributed by atoms with Gasteiger partial charge in [-0.15, -0.1) is 0 Å². The summed E-state index contributed by atoms with van der Waals surface area (Å²) in [5.74, 6) is 1.78. The lowest BCUT2D eigenvalue weighted by molar-refractivity contribution is -0.152. The normalized spacial score (nSPS) is 35.9. The first-order valence-corrected chi connectivity index (χ1v) is 10.7. The van der Waals surface area contributed by atoms with Crippen LogP contribution in [-0.2, 0) is 9.59 Å². The van der Waals surface area contributed by atoms with Crippen molar-refractivity contribution in [3.05, 3.63) is 35.0 Å². The highest BCUT2D eigenvalue weighted by Gasteiger charge is 2.55. The van der Waals surface area contributed by atoms with Crippen LogP contribution < -0.4 is 5.43 Å². The predicted octanol–water partition coefficient (Wildman–Crippen LogP) is 3.53. The molecule has 0 radical (unpaired) electrons. The van der Waals surface area contributed by atoms with Crippen LogP contribution in [0.5, 0.6) is 0 Å². The van der Waals surface area contributed by atoms with Crippen molar-refractivity contribution in [1.82, 2.24) is 15.4 Å². The molecule has 4 bridgehead atoms. The molecule has 0 aromatic carbocycles. The summed E-state index contributed by atoms with van der Waals surface area (Å²) in [7, 11) is 0. The molecule has 1 N–H and O–H groups in total. The van der Waals surface area contributed by atoms with E-state index in [1.807, 2.05) is 12.1 Å². The molecule has 0 unspecified atom stereocenters. The number of nitrogens with zero attached hydrogens (tertiary/aromatic N) is 2. The van der Waals surface area contributed by atoms with Gasteiger partial charge in [-0.1, -0.05) is 11.8 Å². The second-order valence-electron chi connectivity index (χ2n) is 8.44. The van der Waals surface area contributed by atoms with Crippen molar-refractivity contribution in [3.8, 4) is 0 Å². The van der Waals surface area contributed by atoms with Gasteiger partial charge in [0.05, 0.1) is 10.3 Å². The maximum Gasteiger partial charge on any atom is 0.285 e. The first-order valence-electron chi connectivity index (χ1n) is 9.51. The molecule has 5 aliphatic rings. The number of carbonyl (C=O) groups excluding carboxylic acids is 2. The first-order chi connectivity index (χ1) is 13.0. The molecule has 4 aliphatic carbocycles. The topological polar surface area (TPSA) is 62.3 Å². The summed E-state index contributed by atoms with van der Waals surface area (Å²) in [4.78, 5) is 30.5. The Balaban J connectivity index is 1.34. The van der Waals surface area contributed by atoms with Crippen LogP contribution in [-0.4, -0.2) is 26.1 Å². The van der Waals surface area contributed by atoms with Crippen molar-refractivity contribution in [2.45, 2.75) is 38.5 Å². The number of nitrogens with one attached hydrogen (secondary N) is 1. The molecule has 2 heterocycles. The van der Waals surface area contributed by atoms with Crippen molar-refractivity contribution < 1.29 is 9.59 Å². The molecule has 1 saturated heterocycles. The van der Waals surface area contributed by atoms with Crippen molar-refractivity contribution in [2.24, 2.45) is 23.2 Å². The van der Waals surface area contributed by atoms with Crippen LogP contribution in [0.4, 0.5) is 0 Å². The van der Waals surface area contributed by atoms with Crippen LogP contribution in [0.25, 0.3) is 6.08 Å². The van der Waals surface area contributed by atoms with E-state index in [1.54, 1.807) is 18.5 Å². The molecule has 0 spiro atoms. The number of hydrogen-bond donors (Lipinski definition) is 1. The number of thioether (sulfide) groups is 1. The average molecular weight is 400 g/mol. The van der Waals surface area contributed by atoms with E-state index in [0.717, 1.165) is 24.8 Å². The second kappa shape index (κ2) is 6.41. The second-order valence-corrected chi connectivity index (χ2v) is 10.1. The van der Waals surface area contributed by atoms with Crippen molar-refractivity contribution >= 4 is 46.2 Å². The van der Waals surface area contributed by atoms with Gasteiger partial charge in [0.15, 0.2) is 4.32 Å². The summed E-state index contributed by atoms with van der Waals surface area (Å²) in [6.45, 7) is 0. The minimum absolute atomic E-state index is 0.0111. The summed E-state index contributed by atoms with van der Waals surface area (Å²) in [5.41, 5.74) is 3.47. The Morgan fingerprint density at radius 3 is 2.37 bits per heavy atom. The average Bonchev–Trinajstić information content (AvgIpc) is 2.89. The Hall–Kier alpha value is -1.73. The molecule has 2 amide bonds. The van der Waals surface area contributed by atoms with Gasteiger partial charge in [-0.3, -0.25) is 20.0 Å². The van der Waals surface area contributed by atoms with Crippen molar-refractivity contribution in [2.75, 3.05) is 0 Å². The third-order valence-electron chi connectivity index (χ3n) is 6.53. The van der Waals surface area contributed by atoms with E-state index in [1.165, 1.54) is 36.0 Å². The largest absolute Gasteiger partial charge is 0.285 e. The van der Waals surface area contributed by atoms with Gasteiger partial charge in [-0.2, -0.15) is 5.01 Å². The Labute approximate surface area is 167 Å². The number of aromatic nitrogens is 1. The summed E-state index contributed by atoms with van der Waals surface area (Å²) < 4.78 is 0.387. The molecule has 1 aliphatic heterocycles. The lowest BCUT2D eigenvalue weighted by Gasteiger charge is -2.55. The number of pyridine rings is 1. The molecular weight excluding hydrogens is 378 g/mol. The van der Waals surface area contributed by atoms with E-state index in [4.69, 9.17) is 12.2 Å². The van der Waals surface area contributed by atoms with Crippen LogP contribution in [0.1, 0.15) is 44.1 Å². The van der Waals surface area contributed by atoms with E-state index in [-0.39, 0.29) is 17.2 Å². The molecule has 140 valence electrons. The van der Waals surface area contributed by atoms with Gasteiger partial charge in [-0.25, -0.2) is 0 Å². The van der Waals surface area contributed by atoms with E-state index in [2.05, 4.69) is 10.4 Å². The molecule has 4 saturated carbocycles. The Bertz CT molecular complexity index is 817. The Kier molecular flexibility index (Phi) is 4.13. The summed E-state index contributed by atoms with van der Waals surface area (Å²) in [6, 6.07) is 3.67. The van der Waals surface area contributed by atoms with Crippen molar-refractivity contribution in [1.29, 1.82) is 0 Å². The van der Waals surface area contributed by atoms with Crippen LogP contribution in [0.15, 0.2) is 29.4 Å². The van der Waals surface area contributed by atoms with Gasteiger partial charge in [0.2, 0.25) is 5.91 Å². The number of rotatable bonds is 3. The lowest BCUT2D eigenvalue weighted by atomic mass is 9.49. The standard InChI is InChI=1S/C20H21N3O2S2/c24-17-16(8-12-1-3-21-4-2-12)27-19(26)23(17)22-18(25)20-9-13-5-14(10-20)7-15(6-13)11-20/h1-4,8,13-15H,5-7,9-11H2,(H,22,25)/b16-8+. The highest BCUT2D eigenvalue weighted by atomic mass is 32.2. The zero-order chi connectivity index (χ0) is 18.6. The fourth-order valence-corrected chi connectivity index (χ4v) is 6.96. The fraction of sp³-hybridized carbons (Fsp3) is 0.500. The molecule has 5 nitrogen and oxygen atoms in total. The summed E-state index contributed by atoms with van der Waals surface area (Å²) in [6.07, 6.45) is 11.9. The third-order valence-corrected chi connectivity index (χ3v) is 7.83. The van der Waals surface area contributed by atoms with Gasteiger partial charge in [0.25, 0.3) is 5.91 Å². The molecule has 1 aromatic rings. The van der Waals surface area contributed by atoms with Gasteiger partial charge in [-0.05, 0) is 92.3 Å². The van der Waals surface area contributed by atoms with E-state index in [0.29, 0.717) is 27.0 Å². The van der Waals surface area contributed by atoms with Crippen molar-refractivity contribution in [3.63, 3.8) is 0 Å². The maximum atomic E-state index is 13.2. The number of thiocarbonyl (C=S) groups is 1. The fourth-order valence-electron chi connectivity index (χ4n) is 5.78. The summed E-state index contributed by atoms with van der Waals surface area (Å²) in [5, 5.41) is 1.27. The molecular formula is C20H21N3O2S2. The van der Waals surface area contributed by atoms with E-state index in [9.17, 15) is 9.59 Å². The Morgan fingerprint density at radius 2 is 1.78 bits per heavy atom. The lowest BCUT2D eigenvalue weighted by Crippen LogP contribution is -2.57. The van der Waals surface area contributed by atoms with Crippen LogP contribution in [0.2, 0.25) is 0 Å². The van der Waals surface area contributed by atoms with Crippen LogP contribution >= 0.6 is 24.0 Å². The minimum Gasteiger partial charge on any atom is -0.273 e. The number of amides is 2. The first kappa shape index (κ1) is 17.4. The zero-order valence-corrected chi connectivity index (χ0v) is 16.5. The number of hydrogen-bond acceptors (Lipinski definition) is 5. The number of hydrazine groups is 1. The van der Waals surface area contributed by atoms with E-state index < -0.39 is 0 Å². The van der Waals surface area contributed by atoms with Crippen LogP contribution in [0, 0.1) is 23.2 Å². The quantitative estimate of drug-likeness (QED) is 0.622. The van der Waals surface area contributed by atoms with Gasteiger partial charge < -0.3 is 0 Å². The van der Waals surface area contributed by atoms with Crippen LogP contribution in [0.3, 0.4) is 0 Å². The molecule has 0 atom stereocenters.